The molecule has 3 rings (SSSR count). The zero-order chi connectivity index (χ0) is 16.4. The summed E-state index contributed by atoms with van der Waals surface area (Å²) in [4.78, 5) is 25.6. The van der Waals surface area contributed by atoms with Gasteiger partial charge in [-0.05, 0) is 62.8 Å². The van der Waals surface area contributed by atoms with Crippen LogP contribution in [0.2, 0.25) is 0 Å². The highest BCUT2D eigenvalue weighted by atomic mass is 16.5. The standard InChI is InChI=1S/C18H23NO4/c1-2-23-16-7-5-15(6-8-16)19(11-12-3-4-12)17(20)13-9-14(10-13)18(21)22/h5-8,12-14H,2-4,9-11H2,1H3,(H,21,22). The number of anilines is 1. The second kappa shape index (κ2) is 6.60. The molecule has 2 aliphatic carbocycles. The third-order valence-electron chi connectivity index (χ3n) is 4.70. The molecule has 5 nitrogen and oxygen atoms in total. The summed E-state index contributed by atoms with van der Waals surface area (Å²) < 4.78 is 5.45. The Bertz CT molecular complexity index is 573. The van der Waals surface area contributed by atoms with Crippen LogP contribution >= 0.6 is 0 Å². The molecule has 0 bridgehead atoms. The average Bonchev–Trinajstić information content (AvgIpc) is 3.28. The number of hydrogen-bond donors (Lipinski definition) is 1. The van der Waals surface area contributed by atoms with E-state index in [-0.39, 0.29) is 17.7 Å². The van der Waals surface area contributed by atoms with E-state index in [4.69, 9.17) is 9.84 Å². The third-order valence-corrected chi connectivity index (χ3v) is 4.70. The molecule has 0 atom stereocenters. The lowest BCUT2D eigenvalue weighted by atomic mass is 9.74. The number of benzene rings is 1. The Morgan fingerprint density at radius 3 is 2.35 bits per heavy atom. The summed E-state index contributed by atoms with van der Waals surface area (Å²) in [6.07, 6.45) is 3.27. The summed E-state index contributed by atoms with van der Waals surface area (Å²) in [7, 11) is 0. The first-order chi connectivity index (χ1) is 11.1. The number of ether oxygens (including phenoxy) is 1. The molecule has 0 aliphatic heterocycles. The highest BCUT2D eigenvalue weighted by Crippen LogP contribution is 2.38. The Kier molecular flexibility index (Phi) is 4.55. The van der Waals surface area contributed by atoms with Crippen LogP contribution in [0.25, 0.3) is 0 Å². The molecule has 0 unspecified atom stereocenters. The molecule has 1 amide bonds. The van der Waals surface area contributed by atoms with Crippen LogP contribution in [0.1, 0.15) is 32.6 Å². The molecule has 0 aromatic heterocycles. The minimum absolute atomic E-state index is 0.0681. The van der Waals surface area contributed by atoms with Gasteiger partial charge in [0.25, 0.3) is 0 Å². The second-order valence-corrected chi connectivity index (χ2v) is 6.52. The summed E-state index contributed by atoms with van der Waals surface area (Å²) >= 11 is 0. The molecule has 2 saturated carbocycles. The van der Waals surface area contributed by atoms with E-state index in [9.17, 15) is 9.59 Å². The molecule has 0 spiro atoms. The van der Waals surface area contributed by atoms with Crippen molar-refractivity contribution in [2.75, 3.05) is 18.1 Å². The van der Waals surface area contributed by atoms with Crippen molar-refractivity contribution in [3.8, 4) is 5.75 Å². The lowest BCUT2D eigenvalue weighted by molar-refractivity contribution is -0.148. The summed E-state index contributed by atoms with van der Waals surface area (Å²) in [5.74, 6) is 0.154. The minimum Gasteiger partial charge on any atom is -0.494 e. The number of carbonyl (C=O) groups excluding carboxylic acids is 1. The lowest BCUT2D eigenvalue weighted by Crippen LogP contribution is -2.44. The number of amides is 1. The Hall–Kier alpha value is -2.04. The zero-order valence-electron chi connectivity index (χ0n) is 13.4. The van der Waals surface area contributed by atoms with Crippen LogP contribution in [-0.2, 0) is 9.59 Å². The molecule has 0 radical (unpaired) electrons. The van der Waals surface area contributed by atoms with E-state index in [0.29, 0.717) is 25.4 Å². The van der Waals surface area contributed by atoms with E-state index < -0.39 is 5.97 Å². The van der Waals surface area contributed by atoms with Crippen LogP contribution < -0.4 is 9.64 Å². The van der Waals surface area contributed by atoms with Crippen molar-refractivity contribution in [2.45, 2.75) is 32.6 Å². The fourth-order valence-corrected chi connectivity index (χ4v) is 3.01. The molecule has 124 valence electrons. The van der Waals surface area contributed by atoms with Gasteiger partial charge < -0.3 is 14.7 Å². The van der Waals surface area contributed by atoms with Gasteiger partial charge >= 0.3 is 5.97 Å². The Morgan fingerprint density at radius 1 is 1.17 bits per heavy atom. The third kappa shape index (κ3) is 3.66. The molecule has 1 aromatic carbocycles. The minimum atomic E-state index is -0.788. The first kappa shape index (κ1) is 15.8. The quantitative estimate of drug-likeness (QED) is 0.839. The number of aliphatic carboxylic acids is 1. The molecular weight excluding hydrogens is 294 g/mol. The van der Waals surface area contributed by atoms with Crippen molar-refractivity contribution >= 4 is 17.6 Å². The van der Waals surface area contributed by atoms with Gasteiger partial charge in [-0.3, -0.25) is 9.59 Å². The zero-order valence-corrected chi connectivity index (χ0v) is 13.4. The number of carboxylic acid groups (broad SMARTS) is 1. The van der Waals surface area contributed by atoms with Gasteiger partial charge in [-0.25, -0.2) is 0 Å². The van der Waals surface area contributed by atoms with Crippen molar-refractivity contribution < 1.29 is 19.4 Å². The van der Waals surface area contributed by atoms with Gasteiger partial charge in [-0.1, -0.05) is 0 Å². The number of hydrogen-bond acceptors (Lipinski definition) is 3. The monoisotopic (exact) mass is 317 g/mol. The Labute approximate surface area is 136 Å². The maximum Gasteiger partial charge on any atom is 0.306 e. The van der Waals surface area contributed by atoms with E-state index in [1.54, 1.807) is 0 Å². The maximum atomic E-state index is 12.8. The molecule has 23 heavy (non-hydrogen) atoms. The van der Waals surface area contributed by atoms with Crippen LogP contribution in [-0.4, -0.2) is 30.1 Å². The Balaban J connectivity index is 1.69. The van der Waals surface area contributed by atoms with E-state index in [1.807, 2.05) is 36.1 Å². The summed E-state index contributed by atoms with van der Waals surface area (Å²) in [5, 5.41) is 8.99. The number of nitrogens with zero attached hydrogens (tertiary/aromatic N) is 1. The molecule has 2 fully saturated rings. The SMILES string of the molecule is CCOc1ccc(N(CC2CC2)C(=O)C2CC(C(=O)O)C2)cc1. The normalized spacial score (nSPS) is 23.0. The van der Waals surface area contributed by atoms with E-state index in [2.05, 4.69) is 0 Å². The predicted molar refractivity (Wildman–Crippen MR) is 86.5 cm³/mol. The predicted octanol–water partition coefficient (Wildman–Crippen LogP) is 2.94. The first-order valence-corrected chi connectivity index (χ1v) is 8.35. The van der Waals surface area contributed by atoms with E-state index in [0.717, 1.165) is 18.0 Å². The smallest absolute Gasteiger partial charge is 0.306 e. The van der Waals surface area contributed by atoms with Crippen LogP contribution in [0, 0.1) is 17.8 Å². The Morgan fingerprint density at radius 2 is 1.83 bits per heavy atom. The van der Waals surface area contributed by atoms with Crippen molar-refractivity contribution in [1.82, 2.24) is 0 Å². The van der Waals surface area contributed by atoms with Crippen LogP contribution in [0.3, 0.4) is 0 Å². The van der Waals surface area contributed by atoms with Gasteiger partial charge in [0.2, 0.25) is 5.91 Å². The fourth-order valence-electron chi connectivity index (χ4n) is 3.01. The van der Waals surface area contributed by atoms with Gasteiger partial charge in [-0.15, -0.1) is 0 Å². The van der Waals surface area contributed by atoms with Crippen molar-refractivity contribution in [3.05, 3.63) is 24.3 Å². The van der Waals surface area contributed by atoms with Gasteiger partial charge in [-0.2, -0.15) is 0 Å². The molecular formula is C18H23NO4. The second-order valence-electron chi connectivity index (χ2n) is 6.52. The van der Waals surface area contributed by atoms with Crippen molar-refractivity contribution in [1.29, 1.82) is 0 Å². The lowest BCUT2D eigenvalue weighted by Gasteiger charge is -2.35. The van der Waals surface area contributed by atoms with Crippen LogP contribution in [0.15, 0.2) is 24.3 Å². The first-order valence-electron chi connectivity index (χ1n) is 8.35. The van der Waals surface area contributed by atoms with Crippen LogP contribution in [0.5, 0.6) is 5.75 Å². The summed E-state index contributed by atoms with van der Waals surface area (Å²) in [5.41, 5.74) is 0.879. The number of carboxylic acids is 1. The highest BCUT2D eigenvalue weighted by Gasteiger charge is 2.41. The van der Waals surface area contributed by atoms with Gasteiger partial charge in [0.05, 0.1) is 12.5 Å². The number of rotatable bonds is 7. The molecule has 1 aromatic rings. The number of carbonyl (C=O) groups is 2. The molecule has 1 N–H and O–H groups in total. The fraction of sp³-hybridized carbons (Fsp3) is 0.556. The topological polar surface area (TPSA) is 66.8 Å². The maximum absolute atomic E-state index is 12.8. The van der Waals surface area contributed by atoms with E-state index >= 15 is 0 Å². The summed E-state index contributed by atoms with van der Waals surface area (Å²) in [6, 6.07) is 7.59. The van der Waals surface area contributed by atoms with Crippen LogP contribution in [0.4, 0.5) is 5.69 Å². The van der Waals surface area contributed by atoms with E-state index in [1.165, 1.54) is 12.8 Å². The van der Waals surface area contributed by atoms with Crippen molar-refractivity contribution in [2.24, 2.45) is 17.8 Å². The highest BCUT2D eigenvalue weighted by molar-refractivity contribution is 5.96. The van der Waals surface area contributed by atoms with Gasteiger partial charge in [0, 0.05) is 18.2 Å². The summed E-state index contributed by atoms with van der Waals surface area (Å²) in [6.45, 7) is 3.29. The molecule has 5 heteroatoms. The molecule has 0 saturated heterocycles. The molecule has 2 aliphatic rings. The average molecular weight is 317 g/mol. The largest absolute Gasteiger partial charge is 0.494 e. The van der Waals surface area contributed by atoms with Crippen molar-refractivity contribution in [3.63, 3.8) is 0 Å². The van der Waals surface area contributed by atoms with Gasteiger partial charge in [0.1, 0.15) is 5.75 Å². The molecule has 0 heterocycles. The van der Waals surface area contributed by atoms with Gasteiger partial charge in [0.15, 0.2) is 0 Å².